The molecule has 0 unspecified atom stereocenters. The molecule has 0 saturated carbocycles. The summed E-state index contributed by atoms with van der Waals surface area (Å²) in [5.41, 5.74) is 2.44. The summed E-state index contributed by atoms with van der Waals surface area (Å²) in [6, 6.07) is 15.8. The van der Waals surface area contributed by atoms with E-state index in [1.807, 2.05) is 47.8 Å². The van der Waals surface area contributed by atoms with Gasteiger partial charge >= 0.3 is 0 Å². The van der Waals surface area contributed by atoms with Gasteiger partial charge in [-0.15, -0.1) is 23.7 Å². The molecule has 6 nitrogen and oxygen atoms in total. The number of para-hydroxylation sites is 1. The zero-order valence-corrected chi connectivity index (χ0v) is 22.6. The maximum absolute atomic E-state index is 14.0. The molecule has 1 aliphatic rings. The smallest absolute Gasteiger partial charge is 0.252 e. The topological polar surface area (TPSA) is 61.4 Å². The van der Waals surface area contributed by atoms with E-state index in [9.17, 15) is 13.6 Å². The fraction of sp³-hybridized carbons (Fsp3) is 0.222. The average Bonchev–Trinajstić information content (AvgIpc) is 3.59. The Balaban J connectivity index is 0.00000294. The van der Waals surface area contributed by atoms with E-state index in [0.29, 0.717) is 21.9 Å². The van der Waals surface area contributed by atoms with Crippen LogP contribution in [-0.2, 0) is 0 Å². The first kappa shape index (κ1) is 26.4. The number of hydrogen-bond acceptors (Lipinski definition) is 7. The molecule has 0 radical (unpaired) electrons. The Hall–Kier alpha value is -3.18. The van der Waals surface area contributed by atoms with Crippen LogP contribution in [-0.4, -0.2) is 60.0 Å². The monoisotopic (exact) mass is 571 g/mol. The van der Waals surface area contributed by atoms with Crippen LogP contribution in [0.2, 0.25) is 0 Å². The summed E-state index contributed by atoms with van der Waals surface area (Å²) in [6.07, 6.45) is 0. The normalized spacial score (nSPS) is 14.1. The summed E-state index contributed by atoms with van der Waals surface area (Å²) >= 11 is 2.91. The van der Waals surface area contributed by atoms with Crippen LogP contribution in [0.3, 0.4) is 0 Å². The number of aromatic nitrogens is 2. The van der Waals surface area contributed by atoms with Crippen molar-refractivity contribution in [2.75, 3.05) is 44.2 Å². The van der Waals surface area contributed by atoms with E-state index < -0.39 is 11.6 Å². The summed E-state index contributed by atoms with van der Waals surface area (Å²) in [7, 11) is 0. The second kappa shape index (κ2) is 11.3. The van der Waals surface area contributed by atoms with Crippen molar-refractivity contribution in [2.24, 2.45) is 0 Å². The summed E-state index contributed by atoms with van der Waals surface area (Å²) in [4.78, 5) is 27.7. The highest BCUT2D eigenvalue weighted by molar-refractivity contribution is 7.22. The van der Waals surface area contributed by atoms with Gasteiger partial charge in [-0.3, -0.25) is 9.69 Å². The Morgan fingerprint density at radius 3 is 2.61 bits per heavy atom. The molecule has 196 valence electrons. The predicted molar refractivity (Wildman–Crippen MR) is 153 cm³/mol. The van der Waals surface area contributed by atoms with Crippen LogP contribution in [0.15, 0.2) is 60.0 Å². The van der Waals surface area contributed by atoms with E-state index in [0.717, 1.165) is 60.3 Å². The van der Waals surface area contributed by atoms with Crippen LogP contribution in [0, 0.1) is 11.6 Å². The van der Waals surface area contributed by atoms with Crippen molar-refractivity contribution in [3.05, 3.63) is 77.2 Å². The van der Waals surface area contributed by atoms with Crippen molar-refractivity contribution in [3.63, 3.8) is 0 Å². The lowest BCUT2D eigenvalue weighted by Crippen LogP contribution is -2.48. The lowest BCUT2D eigenvalue weighted by atomic mass is 10.1. The summed E-state index contributed by atoms with van der Waals surface area (Å²) in [5.74, 6) is -1.33. The zero-order chi connectivity index (χ0) is 25.4. The molecule has 11 heteroatoms. The maximum Gasteiger partial charge on any atom is 0.252 e. The van der Waals surface area contributed by atoms with Crippen molar-refractivity contribution in [1.82, 2.24) is 20.2 Å². The van der Waals surface area contributed by atoms with Crippen LogP contribution in [0.25, 0.3) is 31.7 Å². The van der Waals surface area contributed by atoms with Crippen molar-refractivity contribution in [3.8, 4) is 10.6 Å². The molecule has 6 rings (SSSR count). The molecule has 1 fully saturated rings. The molecule has 0 aliphatic carbocycles. The standard InChI is InChI=1S/C27H23F2N5OS2.ClH/c28-17-14-20(29)25-24(15-17)37-27(32-25)34-11-9-33(10-12-34)8-7-30-26(35)19-16-22(23-6-3-13-36-23)31-21-5-2-1-4-18(19)21;/h1-6,13-16H,7-12H2,(H,30,35);1H. The quantitative estimate of drug-likeness (QED) is 0.278. The lowest BCUT2D eigenvalue weighted by molar-refractivity contribution is 0.0949. The first-order valence-electron chi connectivity index (χ1n) is 12.0. The highest BCUT2D eigenvalue weighted by Crippen LogP contribution is 2.32. The molecule has 1 aliphatic heterocycles. The molecule has 5 aromatic rings. The number of carbonyl (C=O) groups is 1. The average molecular weight is 572 g/mol. The molecule has 1 N–H and O–H groups in total. The van der Waals surface area contributed by atoms with Gasteiger partial charge in [0.25, 0.3) is 5.91 Å². The first-order chi connectivity index (χ1) is 18.0. The summed E-state index contributed by atoms with van der Waals surface area (Å²) in [6.45, 7) is 4.30. The molecule has 1 saturated heterocycles. The minimum Gasteiger partial charge on any atom is -0.351 e. The van der Waals surface area contributed by atoms with Gasteiger partial charge in [0, 0.05) is 50.7 Å². The van der Waals surface area contributed by atoms with Crippen LogP contribution in [0.5, 0.6) is 0 Å². The van der Waals surface area contributed by atoms with Crippen LogP contribution in [0.4, 0.5) is 13.9 Å². The van der Waals surface area contributed by atoms with Crippen LogP contribution in [0.1, 0.15) is 10.4 Å². The van der Waals surface area contributed by atoms with Gasteiger partial charge in [-0.25, -0.2) is 18.7 Å². The molecule has 1 amide bonds. The Bertz CT molecular complexity index is 1590. The number of pyridine rings is 1. The molecule has 38 heavy (non-hydrogen) atoms. The number of rotatable bonds is 6. The van der Waals surface area contributed by atoms with Crippen molar-refractivity contribution in [1.29, 1.82) is 0 Å². The summed E-state index contributed by atoms with van der Waals surface area (Å²) < 4.78 is 28.1. The SMILES string of the molecule is Cl.O=C(NCCN1CCN(c2nc3c(F)cc(F)cc3s2)CC1)c1cc(-c2cccs2)nc2ccccc12. The minimum atomic E-state index is -0.628. The van der Waals surface area contributed by atoms with E-state index in [4.69, 9.17) is 4.98 Å². The molecular weight excluding hydrogens is 548 g/mol. The zero-order valence-electron chi connectivity index (χ0n) is 20.2. The number of benzene rings is 2. The molecular formula is C27H24ClF2N5OS2. The van der Waals surface area contributed by atoms with Crippen molar-refractivity contribution < 1.29 is 13.6 Å². The molecule has 2 aromatic carbocycles. The van der Waals surface area contributed by atoms with Gasteiger partial charge in [0.15, 0.2) is 10.9 Å². The number of anilines is 1. The first-order valence-corrected chi connectivity index (χ1v) is 13.7. The molecule has 0 spiro atoms. The number of nitrogens with zero attached hydrogens (tertiary/aromatic N) is 4. The third-order valence-corrected chi connectivity index (χ3v) is 8.45. The number of thiophene rings is 1. The largest absolute Gasteiger partial charge is 0.351 e. The summed E-state index contributed by atoms with van der Waals surface area (Å²) in [5, 5.41) is 6.62. The van der Waals surface area contributed by atoms with Gasteiger partial charge in [-0.05, 0) is 29.6 Å². The van der Waals surface area contributed by atoms with Gasteiger partial charge in [-0.2, -0.15) is 0 Å². The molecule has 3 aromatic heterocycles. The highest BCUT2D eigenvalue weighted by atomic mass is 35.5. The van der Waals surface area contributed by atoms with E-state index in [1.165, 1.54) is 17.4 Å². The van der Waals surface area contributed by atoms with E-state index in [-0.39, 0.29) is 23.8 Å². The fourth-order valence-corrected chi connectivity index (χ4v) is 6.32. The van der Waals surface area contributed by atoms with Crippen LogP contribution < -0.4 is 10.2 Å². The fourth-order valence-electron chi connectivity index (χ4n) is 4.58. The second-order valence-electron chi connectivity index (χ2n) is 8.86. The number of halogens is 3. The Kier molecular flexibility index (Phi) is 7.85. The third-order valence-electron chi connectivity index (χ3n) is 6.49. The molecule has 0 bridgehead atoms. The van der Waals surface area contributed by atoms with Crippen molar-refractivity contribution >= 4 is 67.2 Å². The van der Waals surface area contributed by atoms with Gasteiger partial charge in [0.2, 0.25) is 0 Å². The van der Waals surface area contributed by atoms with Crippen LogP contribution >= 0.6 is 35.1 Å². The predicted octanol–water partition coefficient (Wildman–Crippen LogP) is 5.83. The van der Waals surface area contributed by atoms with E-state index in [2.05, 4.69) is 20.1 Å². The number of thiazole rings is 1. The van der Waals surface area contributed by atoms with E-state index in [1.54, 1.807) is 11.3 Å². The lowest BCUT2D eigenvalue weighted by Gasteiger charge is -2.34. The highest BCUT2D eigenvalue weighted by Gasteiger charge is 2.21. The van der Waals surface area contributed by atoms with Gasteiger partial charge < -0.3 is 10.2 Å². The number of amides is 1. The number of piperazine rings is 1. The Labute approximate surface area is 232 Å². The van der Waals surface area contributed by atoms with Crippen molar-refractivity contribution in [2.45, 2.75) is 0 Å². The maximum atomic E-state index is 14.0. The number of fused-ring (bicyclic) bond motifs is 2. The number of hydrogen-bond donors (Lipinski definition) is 1. The molecule has 4 heterocycles. The number of nitrogens with one attached hydrogen (secondary N) is 1. The Morgan fingerprint density at radius 1 is 1.00 bits per heavy atom. The molecule has 0 atom stereocenters. The minimum absolute atomic E-state index is 0. The van der Waals surface area contributed by atoms with Gasteiger partial charge in [0.1, 0.15) is 11.3 Å². The van der Waals surface area contributed by atoms with E-state index >= 15 is 0 Å². The van der Waals surface area contributed by atoms with Gasteiger partial charge in [-0.1, -0.05) is 35.6 Å². The third kappa shape index (κ3) is 5.35. The van der Waals surface area contributed by atoms with Gasteiger partial charge in [0.05, 0.1) is 26.4 Å². The number of carbonyl (C=O) groups excluding carboxylic acids is 1. The second-order valence-corrected chi connectivity index (χ2v) is 10.8. The Morgan fingerprint density at radius 2 is 1.82 bits per heavy atom.